The lowest BCUT2D eigenvalue weighted by Crippen LogP contribution is -2.34. The molecule has 0 aliphatic carbocycles. The van der Waals surface area contributed by atoms with E-state index in [9.17, 15) is 13.2 Å². The second-order valence-corrected chi connectivity index (χ2v) is 9.48. The number of benzene rings is 2. The summed E-state index contributed by atoms with van der Waals surface area (Å²) < 4.78 is 38.8. The molecular weight excluding hydrogens is 440 g/mol. The minimum Gasteiger partial charge on any atom is -0.383 e. The van der Waals surface area contributed by atoms with Gasteiger partial charge in [-0.25, -0.2) is 13.1 Å². The van der Waals surface area contributed by atoms with E-state index in [0.717, 1.165) is 18.4 Å². The minimum absolute atomic E-state index is 0.0582. The maximum atomic E-state index is 13.2. The van der Waals surface area contributed by atoms with Gasteiger partial charge >= 0.3 is 0 Å². The fraction of sp³-hybridized carbons (Fsp3) is 0.409. The Balaban J connectivity index is 1.80. The molecule has 0 radical (unpaired) electrons. The summed E-state index contributed by atoms with van der Waals surface area (Å²) in [7, 11) is -2.33. The second-order valence-electron chi connectivity index (χ2n) is 7.34. The lowest BCUT2D eigenvalue weighted by atomic mass is 10.1. The molecule has 1 saturated heterocycles. The predicted octanol–water partition coefficient (Wildman–Crippen LogP) is 3.09. The molecule has 1 atom stereocenters. The van der Waals surface area contributed by atoms with E-state index >= 15 is 0 Å². The monoisotopic (exact) mass is 466 g/mol. The average Bonchev–Trinajstić information content (AvgIpc) is 3.29. The van der Waals surface area contributed by atoms with Gasteiger partial charge in [0.1, 0.15) is 4.90 Å². The Morgan fingerprint density at radius 2 is 2.03 bits per heavy atom. The van der Waals surface area contributed by atoms with Crippen LogP contribution in [-0.2, 0) is 26.0 Å². The number of rotatable bonds is 10. The normalized spacial score (nSPS) is 16.4. The van der Waals surface area contributed by atoms with Crippen molar-refractivity contribution in [2.75, 3.05) is 33.4 Å². The number of ether oxygens (including phenoxy) is 2. The van der Waals surface area contributed by atoms with Crippen molar-refractivity contribution in [3.8, 4) is 0 Å². The van der Waals surface area contributed by atoms with Gasteiger partial charge in [0.25, 0.3) is 5.91 Å². The number of carbonyl (C=O) groups excluding carboxylic acids is 1. The molecule has 1 aliphatic heterocycles. The first-order chi connectivity index (χ1) is 14.9. The smallest absolute Gasteiger partial charge is 0.254 e. The Kier molecular flexibility index (Phi) is 8.45. The molecule has 31 heavy (non-hydrogen) atoms. The summed E-state index contributed by atoms with van der Waals surface area (Å²) in [6.45, 7) is 1.91. The van der Waals surface area contributed by atoms with E-state index in [0.29, 0.717) is 26.3 Å². The van der Waals surface area contributed by atoms with Crippen LogP contribution in [0.15, 0.2) is 53.4 Å². The first kappa shape index (κ1) is 23.7. The molecule has 1 N–H and O–H groups in total. The van der Waals surface area contributed by atoms with Gasteiger partial charge in [-0.3, -0.25) is 4.79 Å². The number of carbonyl (C=O) groups is 1. The van der Waals surface area contributed by atoms with Gasteiger partial charge in [0.2, 0.25) is 10.0 Å². The maximum absolute atomic E-state index is 13.2. The SMILES string of the molecule is COCCN(Cc1ccccc1)C(=O)c1ccc(Cl)c(S(=O)(=O)NCC2CCCO2)c1. The number of methoxy groups -OCH3 is 1. The first-order valence-corrected chi connectivity index (χ1v) is 12.0. The zero-order valence-corrected chi connectivity index (χ0v) is 19.0. The largest absolute Gasteiger partial charge is 0.383 e. The molecule has 0 bridgehead atoms. The molecule has 2 aromatic rings. The Bertz CT molecular complexity index is 979. The van der Waals surface area contributed by atoms with Crippen LogP contribution in [0.3, 0.4) is 0 Å². The van der Waals surface area contributed by atoms with Crippen molar-refractivity contribution < 1.29 is 22.7 Å². The number of hydrogen-bond acceptors (Lipinski definition) is 5. The van der Waals surface area contributed by atoms with Crippen molar-refractivity contribution in [3.05, 3.63) is 64.7 Å². The number of halogens is 1. The lowest BCUT2D eigenvalue weighted by Gasteiger charge is -2.23. The number of sulfonamides is 1. The number of nitrogens with zero attached hydrogens (tertiary/aromatic N) is 1. The van der Waals surface area contributed by atoms with E-state index in [4.69, 9.17) is 21.1 Å². The molecule has 1 unspecified atom stereocenters. The third kappa shape index (κ3) is 6.51. The van der Waals surface area contributed by atoms with E-state index in [1.807, 2.05) is 30.3 Å². The molecule has 0 saturated carbocycles. The summed E-state index contributed by atoms with van der Waals surface area (Å²) in [6, 6.07) is 13.9. The molecule has 3 rings (SSSR count). The molecule has 0 spiro atoms. The Morgan fingerprint density at radius 3 is 2.71 bits per heavy atom. The van der Waals surface area contributed by atoms with Gasteiger partial charge in [0, 0.05) is 38.9 Å². The molecule has 1 aliphatic rings. The lowest BCUT2D eigenvalue weighted by molar-refractivity contribution is 0.0680. The molecule has 0 aromatic heterocycles. The topological polar surface area (TPSA) is 84.9 Å². The number of hydrogen-bond donors (Lipinski definition) is 1. The minimum atomic E-state index is -3.89. The summed E-state index contributed by atoms with van der Waals surface area (Å²) in [5, 5.41) is 0.0582. The van der Waals surface area contributed by atoms with E-state index in [1.54, 1.807) is 12.0 Å². The molecule has 9 heteroatoms. The van der Waals surface area contributed by atoms with Crippen molar-refractivity contribution in [1.29, 1.82) is 0 Å². The summed E-state index contributed by atoms with van der Waals surface area (Å²) in [5.74, 6) is -0.298. The summed E-state index contributed by atoms with van der Waals surface area (Å²) >= 11 is 6.18. The third-order valence-electron chi connectivity index (χ3n) is 5.06. The van der Waals surface area contributed by atoms with Crippen molar-refractivity contribution in [2.24, 2.45) is 0 Å². The van der Waals surface area contributed by atoms with Crippen LogP contribution in [0.2, 0.25) is 5.02 Å². The zero-order valence-electron chi connectivity index (χ0n) is 17.4. The standard InChI is InChI=1S/C22H27ClN2O5S/c1-29-13-11-25(16-17-6-3-2-4-7-17)22(26)18-9-10-20(23)21(14-18)31(27,28)24-15-19-8-5-12-30-19/h2-4,6-7,9-10,14,19,24H,5,8,11-13,15-16H2,1H3. The van der Waals surface area contributed by atoms with Gasteiger partial charge in [-0.2, -0.15) is 0 Å². The first-order valence-electron chi connectivity index (χ1n) is 10.1. The number of amides is 1. The van der Waals surface area contributed by atoms with Gasteiger partial charge < -0.3 is 14.4 Å². The average molecular weight is 467 g/mol. The van der Waals surface area contributed by atoms with E-state index in [2.05, 4.69) is 4.72 Å². The van der Waals surface area contributed by atoms with E-state index in [-0.39, 0.29) is 34.0 Å². The maximum Gasteiger partial charge on any atom is 0.254 e. The van der Waals surface area contributed by atoms with Crippen molar-refractivity contribution >= 4 is 27.5 Å². The van der Waals surface area contributed by atoms with Gasteiger partial charge in [-0.15, -0.1) is 0 Å². The highest BCUT2D eigenvalue weighted by molar-refractivity contribution is 7.89. The third-order valence-corrected chi connectivity index (χ3v) is 6.97. The van der Waals surface area contributed by atoms with Crippen LogP contribution < -0.4 is 4.72 Å². The molecule has 7 nitrogen and oxygen atoms in total. The molecule has 1 amide bonds. The predicted molar refractivity (Wildman–Crippen MR) is 119 cm³/mol. The Labute approximate surface area is 188 Å². The molecule has 168 valence electrons. The Morgan fingerprint density at radius 1 is 1.26 bits per heavy atom. The van der Waals surface area contributed by atoms with Crippen LogP contribution in [0.1, 0.15) is 28.8 Å². The highest BCUT2D eigenvalue weighted by Crippen LogP contribution is 2.24. The van der Waals surface area contributed by atoms with Crippen LogP contribution in [-0.4, -0.2) is 58.7 Å². The van der Waals surface area contributed by atoms with Gasteiger partial charge in [0.05, 0.1) is 17.7 Å². The van der Waals surface area contributed by atoms with Crippen LogP contribution in [0.25, 0.3) is 0 Å². The molecule has 1 fully saturated rings. The highest BCUT2D eigenvalue weighted by Gasteiger charge is 2.24. The van der Waals surface area contributed by atoms with Crippen LogP contribution in [0, 0.1) is 0 Å². The van der Waals surface area contributed by atoms with Crippen molar-refractivity contribution in [1.82, 2.24) is 9.62 Å². The highest BCUT2D eigenvalue weighted by atomic mass is 35.5. The molecular formula is C22H27ClN2O5S. The summed E-state index contributed by atoms with van der Waals surface area (Å²) in [6.07, 6.45) is 1.58. The van der Waals surface area contributed by atoms with Gasteiger partial charge in [-0.1, -0.05) is 41.9 Å². The van der Waals surface area contributed by atoms with Crippen LogP contribution >= 0.6 is 11.6 Å². The van der Waals surface area contributed by atoms with Crippen LogP contribution in [0.5, 0.6) is 0 Å². The summed E-state index contributed by atoms with van der Waals surface area (Å²) in [4.78, 5) is 14.7. The van der Waals surface area contributed by atoms with Crippen molar-refractivity contribution in [3.63, 3.8) is 0 Å². The zero-order chi connectivity index (χ0) is 22.3. The van der Waals surface area contributed by atoms with Gasteiger partial charge in [0.15, 0.2) is 0 Å². The molecule has 2 aromatic carbocycles. The van der Waals surface area contributed by atoms with E-state index < -0.39 is 10.0 Å². The van der Waals surface area contributed by atoms with Crippen LogP contribution in [0.4, 0.5) is 0 Å². The quantitative estimate of drug-likeness (QED) is 0.581. The molecule has 1 heterocycles. The van der Waals surface area contributed by atoms with Gasteiger partial charge in [-0.05, 0) is 36.6 Å². The fourth-order valence-electron chi connectivity index (χ4n) is 3.37. The second kappa shape index (κ2) is 11.1. The summed E-state index contributed by atoms with van der Waals surface area (Å²) in [5.41, 5.74) is 1.21. The Hall–Kier alpha value is -1.97. The van der Waals surface area contributed by atoms with E-state index in [1.165, 1.54) is 18.2 Å². The number of nitrogens with one attached hydrogen (secondary N) is 1. The fourth-order valence-corrected chi connectivity index (χ4v) is 4.96. The van der Waals surface area contributed by atoms with Crippen molar-refractivity contribution in [2.45, 2.75) is 30.4 Å².